The number of carbonyl (C=O) groups is 1. The first kappa shape index (κ1) is 16.6. The summed E-state index contributed by atoms with van der Waals surface area (Å²) in [6.07, 6.45) is 3.93. The Hall–Kier alpha value is -2.83. The highest BCUT2D eigenvalue weighted by Gasteiger charge is 2.34. The number of nitrogens with zero attached hydrogens (tertiary/aromatic N) is 3. The van der Waals surface area contributed by atoms with Crippen LogP contribution in [0.4, 0.5) is 11.6 Å². The SMILES string of the molecule is CC1Oc2ccccc2OC1C(=O)Nc1cc(N2CCCCC2)ncn1. The van der Waals surface area contributed by atoms with Crippen molar-refractivity contribution in [1.29, 1.82) is 0 Å². The third kappa shape index (κ3) is 3.42. The molecule has 2 unspecified atom stereocenters. The smallest absolute Gasteiger partial charge is 0.270 e. The molecule has 2 aliphatic rings. The van der Waals surface area contributed by atoms with Gasteiger partial charge < -0.3 is 19.7 Å². The fourth-order valence-corrected chi connectivity index (χ4v) is 3.31. The Balaban J connectivity index is 1.46. The average molecular weight is 354 g/mol. The van der Waals surface area contributed by atoms with Crippen LogP contribution in [0.15, 0.2) is 36.7 Å². The van der Waals surface area contributed by atoms with E-state index < -0.39 is 12.2 Å². The first-order valence-corrected chi connectivity index (χ1v) is 9.01. The largest absolute Gasteiger partial charge is 0.482 e. The highest BCUT2D eigenvalue weighted by Crippen LogP contribution is 2.33. The molecule has 4 rings (SSSR count). The minimum Gasteiger partial charge on any atom is -0.482 e. The summed E-state index contributed by atoms with van der Waals surface area (Å²) in [4.78, 5) is 23.4. The van der Waals surface area contributed by atoms with Gasteiger partial charge in [0, 0.05) is 19.2 Å². The van der Waals surface area contributed by atoms with Crippen molar-refractivity contribution in [2.45, 2.75) is 38.4 Å². The number of fused-ring (bicyclic) bond motifs is 1. The van der Waals surface area contributed by atoms with Gasteiger partial charge in [0.15, 0.2) is 11.5 Å². The molecule has 0 radical (unpaired) electrons. The van der Waals surface area contributed by atoms with Crippen LogP contribution in [0.25, 0.3) is 0 Å². The summed E-state index contributed by atoms with van der Waals surface area (Å²) in [6, 6.07) is 9.15. The van der Waals surface area contributed by atoms with Gasteiger partial charge in [-0.3, -0.25) is 4.79 Å². The number of hydrogen-bond acceptors (Lipinski definition) is 6. The summed E-state index contributed by atoms with van der Waals surface area (Å²) in [5, 5.41) is 2.83. The molecule has 3 heterocycles. The molecular weight excluding hydrogens is 332 g/mol. The van der Waals surface area contributed by atoms with E-state index in [9.17, 15) is 4.79 Å². The number of para-hydroxylation sites is 2. The van der Waals surface area contributed by atoms with Crippen LogP contribution in [0.2, 0.25) is 0 Å². The predicted octanol–water partition coefficient (Wildman–Crippen LogP) is 2.63. The Morgan fingerprint density at radius 3 is 2.62 bits per heavy atom. The van der Waals surface area contributed by atoms with Crippen LogP contribution in [-0.2, 0) is 4.79 Å². The van der Waals surface area contributed by atoms with Crippen molar-refractivity contribution in [1.82, 2.24) is 9.97 Å². The van der Waals surface area contributed by atoms with Gasteiger partial charge in [-0.2, -0.15) is 0 Å². The van der Waals surface area contributed by atoms with Gasteiger partial charge in [-0.15, -0.1) is 0 Å². The second-order valence-corrected chi connectivity index (χ2v) is 6.61. The zero-order valence-electron chi connectivity index (χ0n) is 14.7. The van der Waals surface area contributed by atoms with E-state index in [1.54, 1.807) is 6.07 Å². The van der Waals surface area contributed by atoms with E-state index in [-0.39, 0.29) is 5.91 Å². The standard InChI is InChI=1S/C19H22N4O3/c1-13-18(26-15-8-4-3-7-14(15)25-13)19(24)22-16-11-17(21-12-20-16)23-9-5-2-6-10-23/h3-4,7-8,11-13,18H,2,5-6,9-10H2,1H3,(H,20,21,22,24). The maximum absolute atomic E-state index is 12.7. The van der Waals surface area contributed by atoms with Crippen molar-refractivity contribution >= 4 is 17.5 Å². The molecule has 7 nitrogen and oxygen atoms in total. The molecule has 1 aromatic heterocycles. The maximum atomic E-state index is 12.7. The van der Waals surface area contributed by atoms with Crippen LogP contribution in [-0.4, -0.2) is 41.2 Å². The number of benzene rings is 1. The molecule has 0 spiro atoms. The molecule has 7 heteroatoms. The molecule has 0 saturated carbocycles. The number of ether oxygens (including phenoxy) is 2. The highest BCUT2D eigenvalue weighted by molar-refractivity contribution is 5.94. The molecule has 1 saturated heterocycles. The topological polar surface area (TPSA) is 76.6 Å². The van der Waals surface area contributed by atoms with Crippen LogP contribution >= 0.6 is 0 Å². The Kier molecular flexibility index (Phi) is 4.60. The van der Waals surface area contributed by atoms with Crippen LogP contribution in [0.5, 0.6) is 11.5 Å². The number of amides is 1. The normalized spacial score (nSPS) is 22.0. The van der Waals surface area contributed by atoms with Crippen molar-refractivity contribution in [3.05, 3.63) is 36.7 Å². The van der Waals surface area contributed by atoms with Gasteiger partial charge >= 0.3 is 0 Å². The number of hydrogen-bond donors (Lipinski definition) is 1. The summed E-state index contributed by atoms with van der Waals surface area (Å²) in [5.41, 5.74) is 0. The average Bonchev–Trinajstić information content (AvgIpc) is 2.68. The van der Waals surface area contributed by atoms with E-state index in [1.165, 1.54) is 12.7 Å². The zero-order valence-corrected chi connectivity index (χ0v) is 14.7. The molecular formula is C19H22N4O3. The molecule has 26 heavy (non-hydrogen) atoms. The lowest BCUT2D eigenvalue weighted by Gasteiger charge is -2.31. The molecule has 0 aliphatic carbocycles. The first-order chi connectivity index (χ1) is 12.7. The van der Waals surface area contributed by atoms with Crippen molar-refractivity contribution in [3.8, 4) is 11.5 Å². The van der Waals surface area contributed by atoms with Crippen LogP contribution in [0, 0.1) is 0 Å². The van der Waals surface area contributed by atoms with Crippen molar-refractivity contribution < 1.29 is 14.3 Å². The zero-order chi connectivity index (χ0) is 17.9. The number of carbonyl (C=O) groups excluding carboxylic acids is 1. The second-order valence-electron chi connectivity index (χ2n) is 6.61. The lowest BCUT2D eigenvalue weighted by atomic mass is 10.1. The van der Waals surface area contributed by atoms with E-state index in [2.05, 4.69) is 20.2 Å². The van der Waals surface area contributed by atoms with Crippen LogP contribution in [0.3, 0.4) is 0 Å². The van der Waals surface area contributed by atoms with Crippen molar-refractivity contribution in [3.63, 3.8) is 0 Å². The minimum absolute atomic E-state index is 0.282. The van der Waals surface area contributed by atoms with Gasteiger partial charge in [0.1, 0.15) is 24.1 Å². The molecule has 2 aromatic rings. The molecule has 1 N–H and O–H groups in total. The number of nitrogens with one attached hydrogen (secondary N) is 1. The highest BCUT2D eigenvalue weighted by atomic mass is 16.6. The van der Waals surface area contributed by atoms with Gasteiger partial charge in [-0.1, -0.05) is 12.1 Å². The van der Waals surface area contributed by atoms with Gasteiger partial charge in [-0.25, -0.2) is 9.97 Å². The molecule has 1 aromatic carbocycles. The molecule has 2 atom stereocenters. The summed E-state index contributed by atoms with van der Waals surface area (Å²) in [5.74, 6) is 2.26. The van der Waals surface area contributed by atoms with Gasteiger partial charge in [0.25, 0.3) is 5.91 Å². The van der Waals surface area contributed by atoms with Crippen molar-refractivity contribution in [2.24, 2.45) is 0 Å². The first-order valence-electron chi connectivity index (χ1n) is 9.01. The van der Waals surface area contributed by atoms with E-state index in [0.717, 1.165) is 31.7 Å². The number of piperidine rings is 1. The van der Waals surface area contributed by atoms with E-state index in [4.69, 9.17) is 9.47 Å². The van der Waals surface area contributed by atoms with E-state index in [0.29, 0.717) is 17.3 Å². The number of rotatable bonds is 3. The van der Waals surface area contributed by atoms with E-state index >= 15 is 0 Å². The summed E-state index contributed by atoms with van der Waals surface area (Å²) in [6.45, 7) is 3.79. The molecule has 0 bridgehead atoms. The van der Waals surface area contributed by atoms with E-state index in [1.807, 2.05) is 31.2 Å². The Bertz CT molecular complexity index is 792. The maximum Gasteiger partial charge on any atom is 0.270 e. The summed E-state index contributed by atoms with van der Waals surface area (Å²) in [7, 11) is 0. The predicted molar refractivity (Wildman–Crippen MR) is 97.7 cm³/mol. The van der Waals surface area contributed by atoms with Gasteiger partial charge in [-0.05, 0) is 38.3 Å². The molecule has 136 valence electrons. The quantitative estimate of drug-likeness (QED) is 0.913. The molecule has 1 fully saturated rings. The number of anilines is 2. The molecule has 2 aliphatic heterocycles. The molecule has 1 amide bonds. The lowest BCUT2D eigenvalue weighted by Crippen LogP contribution is -2.46. The minimum atomic E-state index is -0.738. The fourth-order valence-electron chi connectivity index (χ4n) is 3.31. The van der Waals surface area contributed by atoms with Crippen LogP contribution in [0.1, 0.15) is 26.2 Å². The summed E-state index contributed by atoms with van der Waals surface area (Å²) >= 11 is 0. The van der Waals surface area contributed by atoms with Gasteiger partial charge in [0.05, 0.1) is 0 Å². The van der Waals surface area contributed by atoms with Gasteiger partial charge in [0.2, 0.25) is 6.10 Å². The lowest BCUT2D eigenvalue weighted by molar-refractivity contribution is -0.128. The Labute approximate surface area is 152 Å². The van der Waals surface area contributed by atoms with Crippen molar-refractivity contribution in [2.75, 3.05) is 23.3 Å². The van der Waals surface area contributed by atoms with Crippen LogP contribution < -0.4 is 19.7 Å². The fraction of sp³-hybridized carbons (Fsp3) is 0.421. The monoisotopic (exact) mass is 354 g/mol. The Morgan fingerprint density at radius 1 is 1.12 bits per heavy atom. The number of aromatic nitrogens is 2. The second kappa shape index (κ2) is 7.19. The third-order valence-electron chi connectivity index (χ3n) is 4.68. The Morgan fingerprint density at radius 2 is 1.85 bits per heavy atom. The third-order valence-corrected chi connectivity index (χ3v) is 4.68. The summed E-state index contributed by atoms with van der Waals surface area (Å²) < 4.78 is 11.6.